The van der Waals surface area contributed by atoms with E-state index in [1.165, 1.54) is 212 Å². The maximum atomic E-state index is 2.71. The summed E-state index contributed by atoms with van der Waals surface area (Å²) in [6.07, 6.45) is 49.9. The number of hydrogen-bond donors (Lipinski definition) is 0. The van der Waals surface area contributed by atoms with E-state index >= 15 is 0 Å². The molecule has 0 aromatic carbocycles. The molecular formula is C39H78N2. The highest BCUT2D eigenvalue weighted by atomic mass is 15.4. The quantitative estimate of drug-likeness (QED) is 0.0719. The highest BCUT2D eigenvalue weighted by Gasteiger charge is 2.24. The van der Waals surface area contributed by atoms with Crippen LogP contribution in [-0.4, -0.2) is 29.1 Å². The van der Waals surface area contributed by atoms with Gasteiger partial charge in [-0.15, -0.1) is 0 Å². The molecule has 1 heterocycles. The molecule has 41 heavy (non-hydrogen) atoms. The molecule has 0 bridgehead atoms. The Bertz CT molecular complexity index is 530. The van der Waals surface area contributed by atoms with E-state index in [1.807, 2.05) is 0 Å². The van der Waals surface area contributed by atoms with Gasteiger partial charge in [0.1, 0.15) is 6.17 Å². The molecule has 0 saturated carbocycles. The van der Waals surface area contributed by atoms with Gasteiger partial charge in [-0.3, -0.25) is 0 Å². The molecule has 0 aliphatic carbocycles. The first-order valence-electron chi connectivity index (χ1n) is 19.5. The van der Waals surface area contributed by atoms with Gasteiger partial charge in [0.15, 0.2) is 0 Å². The van der Waals surface area contributed by atoms with E-state index < -0.39 is 0 Å². The first-order valence-corrected chi connectivity index (χ1v) is 19.5. The van der Waals surface area contributed by atoms with Crippen molar-refractivity contribution < 1.29 is 0 Å². The normalized spacial score (nSPS) is 15.0. The second kappa shape index (κ2) is 30.8. The Hall–Kier alpha value is -0.660. The molecule has 2 heteroatoms. The minimum absolute atomic E-state index is 0.641. The molecule has 1 unspecified atom stereocenters. The summed E-state index contributed by atoms with van der Waals surface area (Å²) in [4.78, 5) is 5.42. The van der Waals surface area contributed by atoms with Gasteiger partial charge in [0.25, 0.3) is 0 Å². The highest BCUT2D eigenvalue weighted by molar-refractivity contribution is 4.97. The zero-order valence-electron chi connectivity index (χ0n) is 29.0. The predicted octanol–water partition coefficient (Wildman–Crippen LogP) is 13.6. The van der Waals surface area contributed by atoms with Crippen LogP contribution in [0.1, 0.15) is 220 Å². The molecule has 2 nitrogen and oxygen atoms in total. The lowest BCUT2D eigenvalue weighted by atomic mass is 10.0. The summed E-state index contributed by atoms with van der Waals surface area (Å²) >= 11 is 0. The summed E-state index contributed by atoms with van der Waals surface area (Å²) < 4.78 is 0. The van der Waals surface area contributed by atoms with Crippen molar-refractivity contribution in [2.45, 2.75) is 226 Å². The molecule has 0 spiro atoms. The molecule has 0 aromatic rings. The van der Waals surface area contributed by atoms with Crippen molar-refractivity contribution in [3.05, 3.63) is 12.4 Å². The lowest BCUT2D eigenvalue weighted by Crippen LogP contribution is -2.39. The first-order chi connectivity index (χ1) is 20.3. The second-order valence-corrected chi connectivity index (χ2v) is 13.6. The highest BCUT2D eigenvalue weighted by Crippen LogP contribution is 2.24. The standard InChI is InChI=1S/C39H78N2/c1-4-7-10-13-16-18-19-20-21-22-23-25-27-30-33-36-41-38-37-40(39(41)34-31-28-15-12-9-6-3)35-32-29-26-24-17-14-11-8-5-2/h37-39H,4-36H2,1-3H3. The van der Waals surface area contributed by atoms with Crippen molar-refractivity contribution in [1.29, 1.82) is 0 Å². The molecule has 0 radical (unpaired) electrons. The molecule has 244 valence electrons. The van der Waals surface area contributed by atoms with Crippen molar-refractivity contribution in [1.82, 2.24) is 9.80 Å². The molecule has 1 aliphatic rings. The Morgan fingerprint density at radius 1 is 0.317 bits per heavy atom. The summed E-state index contributed by atoms with van der Waals surface area (Å²) in [5, 5.41) is 0. The third-order valence-corrected chi connectivity index (χ3v) is 9.57. The fourth-order valence-electron chi connectivity index (χ4n) is 6.72. The lowest BCUT2D eigenvalue weighted by molar-refractivity contribution is 0.135. The molecule has 0 N–H and O–H groups in total. The van der Waals surface area contributed by atoms with E-state index in [0.29, 0.717) is 6.17 Å². The minimum Gasteiger partial charge on any atom is -0.356 e. The van der Waals surface area contributed by atoms with E-state index in [9.17, 15) is 0 Å². The largest absolute Gasteiger partial charge is 0.356 e. The zero-order chi connectivity index (χ0) is 29.5. The average molecular weight is 575 g/mol. The van der Waals surface area contributed by atoms with Gasteiger partial charge < -0.3 is 9.80 Å². The van der Waals surface area contributed by atoms with E-state index in [1.54, 1.807) is 0 Å². The maximum Gasteiger partial charge on any atom is 0.101 e. The topological polar surface area (TPSA) is 6.48 Å². The Morgan fingerprint density at radius 3 is 0.854 bits per heavy atom. The number of unbranched alkanes of at least 4 members (excludes halogenated alkanes) is 27. The summed E-state index contributed by atoms with van der Waals surface area (Å²) in [6, 6.07) is 0. The third-order valence-electron chi connectivity index (χ3n) is 9.57. The number of nitrogens with zero attached hydrogens (tertiary/aromatic N) is 2. The van der Waals surface area contributed by atoms with Crippen molar-refractivity contribution in [2.24, 2.45) is 0 Å². The van der Waals surface area contributed by atoms with Crippen LogP contribution in [0.3, 0.4) is 0 Å². The summed E-state index contributed by atoms with van der Waals surface area (Å²) in [5.74, 6) is 0. The van der Waals surface area contributed by atoms with Crippen LogP contribution in [0.15, 0.2) is 12.4 Å². The van der Waals surface area contributed by atoms with Gasteiger partial charge in [0, 0.05) is 25.5 Å². The fourth-order valence-corrected chi connectivity index (χ4v) is 6.72. The van der Waals surface area contributed by atoms with Gasteiger partial charge in [0.05, 0.1) is 0 Å². The van der Waals surface area contributed by atoms with Crippen LogP contribution in [0.2, 0.25) is 0 Å². The smallest absolute Gasteiger partial charge is 0.101 e. The molecule has 0 aromatic heterocycles. The summed E-state index contributed by atoms with van der Waals surface area (Å²) in [5.41, 5.74) is 0. The Labute approximate surface area is 260 Å². The van der Waals surface area contributed by atoms with E-state index in [2.05, 4.69) is 43.0 Å². The van der Waals surface area contributed by atoms with E-state index in [0.717, 1.165) is 0 Å². The van der Waals surface area contributed by atoms with Gasteiger partial charge in [-0.1, -0.05) is 194 Å². The zero-order valence-corrected chi connectivity index (χ0v) is 29.0. The van der Waals surface area contributed by atoms with Gasteiger partial charge in [0.2, 0.25) is 0 Å². The Balaban J connectivity index is 2.14. The lowest BCUT2D eigenvalue weighted by Gasteiger charge is -2.33. The molecule has 0 amide bonds. The van der Waals surface area contributed by atoms with Crippen LogP contribution < -0.4 is 0 Å². The first kappa shape index (κ1) is 38.4. The predicted molar refractivity (Wildman–Crippen MR) is 186 cm³/mol. The molecule has 0 fully saturated rings. The van der Waals surface area contributed by atoms with Crippen LogP contribution in [-0.2, 0) is 0 Å². The molecule has 0 saturated heterocycles. The third kappa shape index (κ3) is 23.5. The summed E-state index contributed by atoms with van der Waals surface area (Å²) in [7, 11) is 0. The van der Waals surface area contributed by atoms with E-state index in [4.69, 9.17) is 0 Å². The number of hydrogen-bond acceptors (Lipinski definition) is 2. The Kier molecular flexibility index (Phi) is 28.8. The molecule has 1 aliphatic heterocycles. The maximum absolute atomic E-state index is 2.71. The average Bonchev–Trinajstić information content (AvgIpc) is 3.37. The van der Waals surface area contributed by atoms with Gasteiger partial charge >= 0.3 is 0 Å². The van der Waals surface area contributed by atoms with Crippen LogP contribution in [0.25, 0.3) is 0 Å². The van der Waals surface area contributed by atoms with Gasteiger partial charge in [-0.2, -0.15) is 0 Å². The summed E-state index contributed by atoms with van der Waals surface area (Å²) in [6.45, 7) is 9.48. The van der Waals surface area contributed by atoms with Crippen molar-refractivity contribution in [2.75, 3.05) is 13.1 Å². The van der Waals surface area contributed by atoms with Gasteiger partial charge in [-0.05, 0) is 25.7 Å². The molecular weight excluding hydrogens is 496 g/mol. The van der Waals surface area contributed by atoms with Crippen LogP contribution in [0.4, 0.5) is 0 Å². The van der Waals surface area contributed by atoms with Crippen LogP contribution in [0, 0.1) is 0 Å². The van der Waals surface area contributed by atoms with Crippen molar-refractivity contribution in [3.8, 4) is 0 Å². The fraction of sp³-hybridized carbons (Fsp3) is 0.949. The van der Waals surface area contributed by atoms with Crippen LogP contribution >= 0.6 is 0 Å². The Morgan fingerprint density at radius 2 is 0.561 bits per heavy atom. The molecule has 1 atom stereocenters. The monoisotopic (exact) mass is 575 g/mol. The van der Waals surface area contributed by atoms with Crippen molar-refractivity contribution in [3.63, 3.8) is 0 Å². The SMILES string of the molecule is CCCCCCCCCCCCCCCCCN1C=CN(CCCCCCCCCCC)C1CCCCCCCC. The van der Waals surface area contributed by atoms with Crippen molar-refractivity contribution >= 4 is 0 Å². The van der Waals surface area contributed by atoms with E-state index in [-0.39, 0.29) is 0 Å². The van der Waals surface area contributed by atoms with Crippen LogP contribution in [0.5, 0.6) is 0 Å². The second-order valence-electron chi connectivity index (χ2n) is 13.6. The van der Waals surface area contributed by atoms with Gasteiger partial charge in [-0.25, -0.2) is 0 Å². The molecule has 1 rings (SSSR count). The minimum atomic E-state index is 0.641. The number of rotatable bonds is 33.